The van der Waals surface area contributed by atoms with Gasteiger partial charge in [0.2, 0.25) is 0 Å². The normalized spacial score (nSPS) is 21.9. The number of guanidine groups is 1. The Morgan fingerprint density at radius 3 is 1.00 bits per heavy atom. The molecule has 0 aromatic carbocycles. The molecule has 0 aromatic rings. The Labute approximate surface area is 365 Å². The van der Waals surface area contributed by atoms with E-state index in [2.05, 4.69) is 130 Å². The molecule has 0 spiro atoms. The Bertz CT molecular complexity index is 1020. The van der Waals surface area contributed by atoms with Crippen LogP contribution in [-0.2, 0) is 0 Å². The zero-order chi connectivity index (χ0) is 44.7. The molecule has 5 heterocycles. The summed E-state index contributed by atoms with van der Waals surface area (Å²) in [6.07, 6.45) is 12.2. The van der Waals surface area contributed by atoms with E-state index in [4.69, 9.17) is 22.6 Å². The lowest BCUT2D eigenvalue weighted by Crippen LogP contribution is -2.49. The summed E-state index contributed by atoms with van der Waals surface area (Å²) in [5, 5.41) is 17.2. The predicted octanol–water partition coefficient (Wildman–Crippen LogP) is 4.54. The van der Waals surface area contributed by atoms with Crippen molar-refractivity contribution in [2.24, 2.45) is 17.2 Å². The highest BCUT2D eigenvalue weighted by Crippen LogP contribution is 2.17. The van der Waals surface area contributed by atoms with Crippen LogP contribution in [0.2, 0.25) is 0 Å². The van der Waals surface area contributed by atoms with Crippen molar-refractivity contribution in [3.8, 4) is 0 Å². The number of nitrogens with zero attached hydrogens (tertiary/aromatic N) is 6. The van der Waals surface area contributed by atoms with E-state index in [9.17, 15) is 0 Å². The maximum atomic E-state index is 7.36. The maximum absolute atomic E-state index is 7.36. The fourth-order valence-electron chi connectivity index (χ4n) is 8.65. The molecule has 0 bridgehead atoms. The lowest BCUT2D eigenvalue weighted by Gasteiger charge is -2.38. The van der Waals surface area contributed by atoms with Crippen LogP contribution in [0.5, 0.6) is 0 Å². The third-order valence-corrected chi connectivity index (χ3v) is 13.4. The monoisotopic (exact) mass is 836 g/mol. The first-order valence-corrected chi connectivity index (χ1v) is 23.9. The number of rotatable bonds is 10. The van der Waals surface area contributed by atoms with Gasteiger partial charge in [0.25, 0.3) is 0 Å². The summed E-state index contributed by atoms with van der Waals surface area (Å²) >= 11 is 0. The van der Waals surface area contributed by atoms with Crippen molar-refractivity contribution >= 4 is 5.96 Å². The van der Waals surface area contributed by atoms with Gasteiger partial charge in [0.15, 0.2) is 5.96 Å². The Morgan fingerprint density at radius 2 is 0.763 bits per heavy atom. The highest BCUT2D eigenvalue weighted by molar-refractivity contribution is 5.74. The summed E-state index contributed by atoms with van der Waals surface area (Å²) in [5.41, 5.74) is 16.7. The molecule has 5 aliphatic rings. The summed E-state index contributed by atoms with van der Waals surface area (Å²) in [4.78, 5) is 14.4. The molecule has 0 atom stereocenters. The predicted molar refractivity (Wildman–Crippen MR) is 257 cm³/mol. The minimum atomic E-state index is 0.188. The summed E-state index contributed by atoms with van der Waals surface area (Å²) < 4.78 is 0. The van der Waals surface area contributed by atoms with Crippen LogP contribution >= 0.6 is 0 Å². The molecule has 5 aliphatic heterocycles. The van der Waals surface area contributed by atoms with Gasteiger partial charge < -0.3 is 62.6 Å². The molecule has 0 saturated carbocycles. The van der Waals surface area contributed by atoms with Gasteiger partial charge in [-0.3, -0.25) is 5.41 Å². The van der Waals surface area contributed by atoms with Crippen LogP contribution in [0.4, 0.5) is 0 Å². The molecule has 59 heavy (non-hydrogen) atoms. The number of piperidine rings is 5. The third-order valence-electron chi connectivity index (χ3n) is 13.4. The van der Waals surface area contributed by atoms with E-state index in [1.807, 2.05) is 11.9 Å². The molecule has 0 radical (unpaired) electrons. The van der Waals surface area contributed by atoms with Crippen molar-refractivity contribution in [2.75, 3.05) is 86.6 Å². The molecule has 5 rings (SSSR count). The van der Waals surface area contributed by atoms with Gasteiger partial charge in [0.05, 0.1) is 5.82 Å². The Balaban J connectivity index is 0.000000371. The van der Waals surface area contributed by atoms with Gasteiger partial charge in [-0.2, -0.15) is 0 Å². The second-order valence-corrected chi connectivity index (χ2v) is 19.3. The van der Waals surface area contributed by atoms with E-state index in [0.717, 1.165) is 50.1 Å². The molecule has 13 heteroatoms. The largest absolute Gasteiger partial charge is 0.386 e. The van der Waals surface area contributed by atoms with Crippen LogP contribution in [0.3, 0.4) is 0 Å². The van der Waals surface area contributed by atoms with Crippen LogP contribution in [0.1, 0.15) is 133 Å². The van der Waals surface area contributed by atoms with Crippen molar-refractivity contribution in [1.82, 2.24) is 45.3 Å². The van der Waals surface area contributed by atoms with Gasteiger partial charge >= 0.3 is 0 Å². The first-order chi connectivity index (χ1) is 27.8. The SMILES string of the molecule is C=C(N)NC1CCN(C(C)C)CC1.CC(C)N1CCC(N(C)C(=N)N)CC1.CC(C)N1CCC(N)CC1.CNC1CCN(C(C)C)CC1.CNC1CCN(C(C)C)CC1. The van der Waals surface area contributed by atoms with Crippen LogP contribution in [0, 0.1) is 5.41 Å². The third kappa shape index (κ3) is 23.4. The first-order valence-electron chi connectivity index (χ1n) is 23.9. The zero-order valence-electron chi connectivity index (χ0n) is 41.0. The lowest BCUT2D eigenvalue weighted by atomic mass is 10.0. The van der Waals surface area contributed by atoms with E-state index in [-0.39, 0.29) is 5.96 Å². The number of nitrogens with two attached hydrogens (primary N) is 3. The molecule has 0 aromatic heterocycles. The average molecular weight is 836 g/mol. The fraction of sp³-hybridized carbons (Fsp3) is 0.935. The Hall–Kier alpha value is -1.71. The van der Waals surface area contributed by atoms with Crippen LogP contribution in [-0.4, -0.2) is 182 Å². The Morgan fingerprint density at radius 1 is 0.508 bits per heavy atom. The molecule has 0 unspecified atom stereocenters. The standard InChI is InChI=1S/C10H22N4.C10H21N3.2C9H20N2.C8H18N2/c1-8(2)14-6-4-9(5-7-14)13(3)10(11)12;1-8(2)13-6-4-10(5-7-13)12-9(3)11;2*1-8(2)11-6-4-9(10-3)5-7-11;1-7(2)10-5-3-8(9)4-6-10/h8-9H,4-7H2,1-3H3,(H3,11,12);8,10,12H,3-7,11H2,1-2H3;2*8-10H,4-7H2,1-3H3;7-8H,3-6,9H2,1-2H3. The molecule has 350 valence electrons. The van der Waals surface area contributed by atoms with Gasteiger partial charge in [-0.25, -0.2) is 0 Å². The van der Waals surface area contributed by atoms with Gasteiger partial charge in [0.1, 0.15) is 0 Å². The van der Waals surface area contributed by atoms with Gasteiger partial charge in [-0.1, -0.05) is 6.58 Å². The van der Waals surface area contributed by atoms with Crippen molar-refractivity contribution in [2.45, 2.75) is 194 Å². The van der Waals surface area contributed by atoms with Crippen LogP contribution in [0.15, 0.2) is 12.4 Å². The maximum Gasteiger partial charge on any atom is 0.188 e. The van der Waals surface area contributed by atoms with E-state index >= 15 is 0 Å². The molecule has 13 nitrogen and oxygen atoms in total. The average Bonchev–Trinajstić information content (AvgIpc) is 3.21. The molecular weight excluding hydrogens is 735 g/mol. The minimum Gasteiger partial charge on any atom is -0.386 e. The van der Waals surface area contributed by atoms with Crippen molar-refractivity contribution < 1.29 is 0 Å². The topological polar surface area (TPSA) is 157 Å². The fourth-order valence-corrected chi connectivity index (χ4v) is 8.65. The highest BCUT2D eigenvalue weighted by atomic mass is 15.3. The lowest BCUT2D eigenvalue weighted by molar-refractivity contribution is 0.136. The summed E-state index contributed by atoms with van der Waals surface area (Å²) in [6, 6.07) is 6.47. The minimum absolute atomic E-state index is 0.188. The quantitative estimate of drug-likeness (QED) is 0.122. The van der Waals surface area contributed by atoms with Crippen LogP contribution < -0.4 is 33.2 Å². The molecule has 5 saturated heterocycles. The van der Waals surface area contributed by atoms with Gasteiger partial charge in [-0.15, -0.1) is 0 Å². The molecule has 0 amide bonds. The second kappa shape index (κ2) is 30.4. The smallest absolute Gasteiger partial charge is 0.188 e. The number of hydrogen-bond acceptors (Lipinski definition) is 11. The number of likely N-dealkylation sites (tertiary alicyclic amines) is 5. The Kier molecular flexibility index (Phi) is 28.5. The van der Waals surface area contributed by atoms with E-state index in [1.165, 1.54) is 104 Å². The molecular formula is C46H101N13. The first kappa shape index (κ1) is 55.3. The number of hydrogen-bond donors (Lipinski definition) is 7. The van der Waals surface area contributed by atoms with Gasteiger partial charge in [-0.05, 0) is 187 Å². The van der Waals surface area contributed by atoms with Crippen molar-refractivity contribution in [3.63, 3.8) is 0 Å². The summed E-state index contributed by atoms with van der Waals surface area (Å²) in [7, 11) is 6.05. The van der Waals surface area contributed by atoms with E-state index in [1.54, 1.807) is 0 Å². The number of nitrogens with one attached hydrogen (secondary N) is 4. The molecule has 5 fully saturated rings. The van der Waals surface area contributed by atoms with Crippen molar-refractivity contribution in [3.05, 3.63) is 12.4 Å². The molecule has 10 N–H and O–H groups in total. The molecule has 0 aliphatic carbocycles. The summed E-state index contributed by atoms with van der Waals surface area (Å²) in [5.74, 6) is 0.788. The van der Waals surface area contributed by atoms with E-state index < -0.39 is 0 Å². The van der Waals surface area contributed by atoms with Gasteiger partial charge in [0, 0.05) is 93.6 Å². The van der Waals surface area contributed by atoms with Crippen LogP contribution in [0.25, 0.3) is 0 Å². The van der Waals surface area contributed by atoms with Crippen molar-refractivity contribution in [1.29, 1.82) is 5.41 Å². The highest BCUT2D eigenvalue weighted by Gasteiger charge is 2.25. The van der Waals surface area contributed by atoms with E-state index in [0.29, 0.717) is 42.1 Å². The summed E-state index contributed by atoms with van der Waals surface area (Å²) in [6.45, 7) is 38.3. The second-order valence-electron chi connectivity index (χ2n) is 19.3. The zero-order valence-corrected chi connectivity index (χ0v) is 41.0.